The maximum atomic E-state index is 11.3. The third-order valence-corrected chi connectivity index (χ3v) is 6.98. The summed E-state index contributed by atoms with van der Waals surface area (Å²) >= 11 is 0. The number of carbonyl (C=O) groups excluding carboxylic acids is 1. The Labute approximate surface area is 248 Å². The fraction of sp³-hybridized carbons (Fsp3) is 0.200. The Bertz CT molecular complexity index is 1600. The first-order valence-electron chi connectivity index (χ1n) is 13.9. The van der Waals surface area contributed by atoms with Crippen molar-refractivity contribution in [1.82, 2.24) is 0 Å². The Morgan fingerprint density at radius 1 is 0.786 bits per heavy atom. The zero-order valence-corrected chi connectivity index (χ0v) is 24.3. The molecule has 0 fully saturated rings. The molecule has 0 aliphatic heterocycles. The van der Waals surface area contributed by atoms with Crippen molar-refractivity contribution in [3.05, 3.63) is 114 Å². The number of nitrogens with zero attached hydrogens (tertiary/aromatic N) is 4. The average molecular weight is 556 g/mol. The van der Waals surface area contributed by atoms with Crippen molar-refractivity contribution in [2.45, 2.75) is 19.8 Å². The standard InChI is InChI=1S/C35H34N6O/c1-26(42)38-30-14-16-32(17-15-30)39-31-12-6-27(7-13-31)35(28-8-18-33(19-9-28)40(2)24-4-22-36)29-10-20-34(21-11-29)41(3)25-5-23-37/h6-21H,4-5,24-25H2,1-3H3,(H,38,42)/p+1. The number of rotatable bonds is 10. The molecule has 0 spiro atoms. The summed E-state index contributed by atoms with van der Waals surface area (Å²) in [5.41, 5.74) is 9.13. The second kappa shape index (κ2) is 14.3. The summed E-state index contributed by atoms with van der Waals surface area (Å²) in [6, 6.07) is 28.8. The minimum absolute atomic E-state index is 0.0975. The average Bonchev–Trinajstić information content (AvgIpc) is 3.01. The molecule has 7 nitrogen and oxygen atoms in total. The predicted octanol–water partition coefficient (Wildman–Crippen LogP) is 6.66. The molecule has 0 radical (unpaired) electrons. The van der Waals surface area contributed by atoms with E-state index in [2.05, 4.69) is 105 Å². The minimum Gasteiger partial charge on any atom is -0.374 e. The molecule has 2 N–H and O–H groups in total. The molecule has 3 aromatic carbocycles. The lowest BCUT2D eigenvalue weighted by atomic mass is 9.90. The summed E-state index contributed by atoms with van der Waals surface area (Å²) in [6.45, 7) is 2.85. The molecule has 0 unspecified atom stereocenters. The maximum Gasteiger partial charge on any atom is 0.221 e. The molecule has 7 heteroatoms. The number of amides is 1. The fourth-order valence-electron chi connectivity index (χ4n) is 4.69. The molecule has 0 saturated carbocycles. The van der Waals surface area contributed by atoms with Crippen LogP contribution in [0.3, 0.4) is 0 Å². The van der Waals surface area contributed by atoms with Gasteiger partial charge < -0.3 is 15.5 Å². The van der Waals surface area contributed by atoms with Crippen molar-refractivity contribution in [3.63, 3.8) is 0 Å². The van der Waals surface area contributed by atoms with Crippen molar-refractivity contribution in [2.24, 2.45) is 0 Å². The van der Waals surface area contributed by atoms with E-state index in [0.717, 1.165) is 50.7 Å². The van der Waals surface area contributed by atoms with Crippen LogP contribution in [-0.2, 0) is 4.79 Å². The van der Waals surface area contributed by atoms with Gasteiger partial charge in [0, 0.05) is 55.4 Å². The molecule has 3 aromatic rings. The lowest BCUT2D eigenvalue weighted by molar-refractivity contribution is -0.494. The van der Waals surface area contributed by atoms with E-state index >= 15 is 0 Å². The Balaban J connectivity index is 1.64. The molecule has 0 heterocycles. The van der Waals surface area contributed by atoms with Crippen LogP contribution in [0.1, 0.15) is 30.9 Å². The molecule has 0 aromatic heterocycles. The quantitative estimate of drug-likeness (QED) is 0.273. The Kier molecular flexibility index (Phi) is 10.1. The second-order valence-electron chi connectivity index (χ2n) is 10.1. The summed E-state index contributed by atoms with van der Waals surface area (Å²) in [7, 11) is 4.00. The van der Waals surface area contributed by atoms with E-state index in [9.17, 15) is 4.79 Å². The van der Waals surface area contributed by atoms with Gasteiger partial charge in [-0.2, -0.15) is 10.5 Å². The fourth-order valence-corrected chi connectivity index (χ4v) is 4.69. The number of nitrogens with one attached hydrogen (secondary N) is 2. The van der Waals surface area contributed by atoms with Crippen LogP contribution in [0, 0.1) is 22.7 Å². The molecule has 1 aliphatic rings. The Morgan fingerprint density at radius 3 is 1.86 bits per heavy atom. The maximum absolute atomic E-state index is 11.3. The van der Waals surface area contributed by atoms with E-state index in [1.54, 1.807) is 0 Å². The van der Waals surface area contributed by atoms with Crippen LogP contribution < -0.4 is 15.5 Å². The monoisotopic (exact) mass is 555 g/mol. The summed E-state index contributed by atoms with van der Waals surface area (Å²) in [4.78, 5) is 13.4. The topological polar surface area (TPSA) is 95.0 Å². The van der Waals surface area contributed by atoms with Gasteiger partial charge >= 0.3 is 0 Å². The summed E-state index contributed by atoms with van der Waals surface area (Å²) in [5.74, 6) is -0.0975. The van der Waals surface area contributed by atoms with Crippen LogP contribution in [0.2, 0.25) is 0 Å². The number of hydrogen-bond donors (Lipinski definition) is 2. The van der Waals surface area contributed by atoms with Gasteiger partial charge in [0.05, 0.1) is 25.0 Å². The molecular weight excluding hydrogens is 520 g/mol. The van der Waals surface area contributed by atoms with Gasteiger partial charge in [0.1, 0.15) is 7.05 Å². The molecule has 1 amide bonds. The Hall–Kier alpha value is -5.40. The van der Waals surface area contributed by atoms with Gasteiger partial charge in [-0.25, -0.2) is 4.58 Å². The molecule has 210 valence electrons. The number of anilines is 4. The van der Waals surface area contributed by atoms with Crippen LogP contribution in [0.4, 0.5) is 22.7 Å². The SMILES string of the molecule is CC(=O)Nc1ccc(Nc2ccc(C(=C3C=CC(=[N+](C)CCC#N)C=C3)c3ccc(N(C)CCC#N)cc3)cc2)cc1. The van der Waals surface area contributed by atoms with Crippen LogP contribution in [0.5, 0.6) is 0 Å². The van der Waals surface area contributed by atoms with Crippen molar-refractivity contribution < 1.29 is 9.37 Å². The lowest BCUT2D eigenvalue weighted by Crippen LogP contribution is -2.17. The van der Waals surface area contributed by atoms with Crippen molar-refractivity contribution >= 4 is 39.9 Å². The summed E-state index contributed by atoms with van der Waals surface area (Å²) < 4.78 is 2.09. The number of allylic oxidation sites excluding steroid dienone is 5. The molecular formula is C35H35N6O+. The molecule has 0 saturated heterocycles. The van der Waals surface area contributed by atoms with Gasteiger partial charge in [-0.1, -0.05) is 24.3 Å². The van der Waals surface area contributed by atoms with Crippen molar-refractivity contribution in [3.8, 4) is 12.1 Å². The van der Waals surface area contributed by atoms with Gasteiger partial charge in [0.2, 0.25) is 5.91 Å². The van der Waals surface area contributed by atoms with Crippen LogP contribution in [0.15, 0.2) is 103 Å². The number of hydrogen-bond acceptors (Lipinski definition) is 5. The number of carbonyl (C=O) groups is 1. The van der Waals surface area contributed by atoms with Gasteiger partial charge in [-0.15, -0.1) is 0 Å². The molecule has 42 heavy (non-hydrogen) atoms. The highest BCUT2D eigenvalue weighted by Gasteiger charge is 2.15. The normalized spacial score (nSPS) is 11.8. The largest absolute Gasteiger partial charge is 0.374 e. The lowest BCUT2D eigenvalue weighted by Gasteiger charge is -2.19. The highest BCUT2D eigenvalue weighted by Crippen LogP contribution is 2.32. The summed E-state index contributed by atoms with van der Waals surface area (Å²) in [6.07, 6.45) is 9.40. The van der Waals surface area contributed by atoms with Gasteiger partial charge in [0.25, 0.3) is 0 Å². The van der Waals surface area contributed by atoms with Crippen LogP contribution in [-0.4, -0.2) is 43.4 Å². The van der Waals surface area contributed by atoms with Crippen LogP contribution >= 0.6 is 0 Å². The zero-order chi connectivity index (χ0) is 29.9. The number of nitriles is 2. The number of benzene rings is 3. The highest BCUT2D eigenvalue weighted by molar-refractivity contribution is 6.04. The molecule has 1 aliphatic carbocycles. The Morgan fingerprint density at radius 2 is 1.31 bits per heavy atom. The van der Waals surface area contributed by atoms with E-state index in [1.165, 1.54) is 6.92 Å². The van der Waals surface area contributed by atoms with Gasteiger partial charge in [-0.3, -0.25) is 4.79 Å². The smallest absolute Gasteiger partial charge is 0.221 e. The zero-order valence-electron chi connectivity index (χ0n) is 24.3. The third-order valence-electron chi connectivity index (χ3n) is 6.98. The van der Waals surface area contributed by atoms with Gasteiger partial charge in [-0.05, 0) is 83.0 Å². The molecule has 4 rings (SSSR count). The molecule has 0 bridgehead atoms. The molecule has 0 atom stereocenters. The van der Waals surface area contributed by atoms with E-state index in [0.29, 0.717) is 25.9 Å². The van der Waals surface area contributed by atoms with E-state index in [1.807, 2.05) is 38.4 Å². The first kappa shape index (κ1) is 29.6. The van der Waals surface area contributed by atoms with Crippen molar-refractivity contribution in [2.75, 3.05) is 42.7 Å². The van der Waals surface area contributed by atoms with E-state index < -0.39 is 0 Å². The van der Waals surface area contributed by atoms with Crippen molar-refractivity contribution in [1.29, 1.82) is 10.5 Å². The second-order valence-corrected chi connectivity index (χ2v) is 10.1. The minimum atomic E-state index is -0.0975. The third kappa shape index (κ3) is 7.84. The highest BCUT2D eigenvalue weighted by atomic mass is 16.1. The van der Waals surface area contributed by atoms with E-state index in [-0.39, 0.29) is 5.91 Å². The van der Waals surface area contributed by atoms with Crippen LogP contribution in [0.25, 0.3) is 5.57 Å². The predicted molar refractivity (Wildman–Crippen MR) is 171 cm³/mol. The first-order valence-corrected chi connectivity index (χ1v) is 13.9. The first-order chi connectivity index (χ1) is 20.4. The van der Waals surface area contributed by atoms with Gasteiger partial charge in [0.15, 0.2) is 12.3 Å². The summed E-state index contributed by atoms with van der Waals surface area (Å²) in [5, 5.41) is 24.1. The van der Waals surface area contributed by atoms with E-state index in [4.69, 9.17) is 10.5 Å².